The minimum atomic E-state index is -0.476. The Hall–Kier alpha value is -9.21. The van der Waals surface area contributed by atoms with Crippen LogP contribution in [0.2, 0.25) is 5.02 Å². The number of benzene rings is 14. The molecule has 5 aliphatic rings. The third kappa shape index (κ3) is 19.8. The van der Waals surface area contributed by atoms with Crippen LogP contribution in [0.1, 0.15) is 223 Å². The van der Waals surface area contributed by atoms with E-state index >= 15 is 0 Å². The van der Waals surface area contributed by atoms with Crippen LogP contribution in [-0.2, 0) is 27.9 Å². The molecular formula is C115H129B3ClO6P. The first-order valence-corrected chi connectivity index (χ1v) is 48.0. The highest BCUT2D eigenvalue weighted by molar-refractivity contribution is 7.39. The fraction of sp³-hybridized carbons (Fsp3) is 0.339. The zero-order valence-electron chi connectivity index (χ0n) is 77.8. The van der Waals surface area contributed by atoms with Gasteiger partial charge in [0.2, 0.25) is 0 Å². The van der Waals surface area contributed by atoms with Crippen molar-refractivity contribution in [2.24, 2.45) is 0 Å². The van der Waals surface area contributed by atoms with Crippen molar-refractivity contribution in [3.8, 4) is 77.9 Å². The van der Waals surface area contributed by atoms with Crippen LogP contribution in [0.3, 0.4) is 0 Å². The van der Waals surface area contributed by atoms with Crippen molar-refractivity contribution < 1.29 is 27.9 Å². The third-order valence-corrected chi connectivity index (χ3v) is 30.3. The van der Waals surface area contributed by atoms with E-state index in [4.69, 9.17) is 39.5 Å². The van der Waals surface area contributed by atoms with Crippen LogP contribution in [0.15, 0.2) is 297 Å². The zero-order valence-corrected chi connectivity index (χ0v) is 79.6. The summed E-state index contributed by atoms with van der Waals surface area (Å²) in [5.41, 5.74) is 23.2. The second-order valence-corrected chi connectivity index (χ2v) is 41.6. The average Bonchev–Trinajstić information content (AvgIpc) is 1.07. The fourth-order valence-electron chi connectivity index (χ4n) is 18.8. The number of rotatable bonds is 14. The molecule has 19 rings (SSSR count). The summed E-state index contributed by atoms with van der Waals surface area (Å²) in [7, 11) is 0.00330. The first-order chi connectivity index (χ1) is 60.4. The normalized spacial score (nSPS) is 17.5. The summed E-state index contributed by atoms with van der Waals surface area (Å²) in [4.78, 5) is 0. The molecule has 3 heterocycles. The van der Waals surface area contributed by atoms with Crippen LogP contribution in [0.4, 0.5) is 0 Å². The first kappa shape index (κ1) is 91.5. The van der Waals surface area contributed by atoms with E-state index in [-0.39, 0.29) is 40.7 Å². The van der Waals surface area contributed by atoms with E-state index < -0.39 is 14.0 Å². The van der Waals surface area contributed by atoms with Crippen molar-refractivity contribution in [3.05, 3.63) is 319 Å². The van der Waals surface area contributed by atoms with Gasteiger partial charge in [-0.1, -0.05) is 377 Å². The molecule has 0 aromatic heterocycles. The molecule has 14 aromatic rings. The van der Waals surface area contributed by atoms with Gasteiger partial charge in [-0.05, 0) is 293 Å². The molecule has 6 nitrogen and oxygen atoms in total. The Kier molecular flexibility index (Phi) is 28.3. The molecule has 11 heteroatoms. The first-order valence-electron chi connectivity index (χ1n) is 46.5. The largest absolute Gasteiger partial charge is 0.494 e. The van der Waals surface area contributed by atoms with Crippen molar-refractivity contribution in [2.75, 3.05) is 0 Å². The van der Waals surface area contributed by atoms with Gasteiger partial charge >= 0.3 is 21.1 Å². The molecule has 14 aromatic carbocycles. The van der Waals surface area contributed by atoms with Crippen molar-refractivity contribution >= 4 is 89.9 Å². The molecule has 3 aliphatic heterocycles. The predicted molar refractivity (Wildman–Crippen MR) is 545 cm³/mol. The van der Waals surface area contributed by atoms with E-state index in [9.17, 15) is 0 Å². The summed E-state index contributed by atoms with van der Waals surface area (Å²) in [6.45, 7) is 38.4. The number of halogens is 1. The predicted octanol–water partition coefficient (Wildman–Crippen LogP) is 32.2. The fourth-order valence-corrected chi connectivity index (χ4v) is 21.0. The van der Waals surface area contributed by atoms with E-state index in [2.05, 4.69) is 354 Å². The van der Waals surface area contributed by atoms with E-state index in [1.165, 1.54) is 185 Å². The summed E-state index contributed by atoms with van der Waals surface area (Å²) in [5, 5.41) is 10.7. The van der Waals surface area contributed by atoms with Crippen LogP contribution in [-0.4, -0.2) is 66.1 Å². The second-order valence-electron chi connectivity index (χ2n) is 39.2. The molecular weight excluding hydrogens is 1580 g/mol. The van der Waals surface area contributed by atoms with E-state index in [0.29, 0.717) is 17.8 Å². The maximum atomic E-state index is 6.33. The number of fused-ring (bicyclic) bond motifs is 4. The van der Waals surface area contributed by atoms with Gasteiger partial charge in [-0.15, -0.1) is 8.58 Å². The second kappa shape index (κ2) is 39.0. The van der Waals surface area contributed by atoms with Crippen LogP contribution in [0.5, 0.6) is 0 Å². The Labute approximate surface area is 760 Å². The Bertz CT molecular complexity index is 5810. The lowest BCUT2D eigenvalue weighted by molar-refractivity contribution is 0.00578. The Morgan fingerprint density at radius 1 is 0.270 bits per heavy atom. The van der Waals surface area contributed by atoms with E-state index in [1.54, 1.807) is 25.7 Å². The molecule has 646 valence electrons. The van der Waals surface area contributed by atoms with E-state index in [0.717, 1.165) is 21.8 Å². The highest BCUT2D eigenvalue weighted by atomic mass is 35.5. The number of hydrogen-bond donors (Lipinski definition) is 0. The van der Waals surface area contributed by atoms with Gasteiger partial charge in [0.05, 0.1) is 33.6 Å². The SMILES string of the molecule is C1CCC(PC2CCCCC2)CC1.CC(C)c1cc(C(C)C)c(-c2ccccc2)c(C(C)C)c1.CC1(C)OB(B2OC(C)(C)C(C)(C)O2)OC1(C)C.CC1(C)OB(c2ccc(-c3c4ccccc4c(-c4ccccc4-c4ccccc4)c4ccccc34)cc2)OC1(C)C.Clc1ccc(-c2c3ccccc3c(-c3ccccc3-c3ccccc3)c3ccccc23)cc1. The quantitative estimate of drug-likeness (QED) is 0.0614. The van der Waals surface area contributed by atoms with Crippen LogP contribution >= 0.6 is 20.2 Å². The molecule has 0 amide bonds. The summed E-state index contributed by atoms with van der Waals surface area (Å²) in [6, 6.07) is 107. The van der Waals surface area contributed by atoms with E-state index in [1.807, 2.05) is 67.5 Å². The lowest BCUT2D eigenvalue weighted by Crippen LogP contribution is -2.41. The van der Waals surface area contributed by atoms with Gasteiger partial charge in [0.1, 0.15) is 0 Å². The van der Waals surface area contributed by atoms with Gasteiger partial charge in [0.15, 0.2) is 0 Å². The third-order valence-electron chi connectivity index (χ3n) is 27.9. The molecule has 0 atom stereocenters. The molecule has 0 bridgehead atoms. The van der Waals surface area contributed by atoms with Gasteiger partial charge in [-0.3, -0.25) is 0 Å². The molecule has 2 saturated carbocycles. The lowest BCUT2D eigenvalue weighted by atomic mass is 9.49. The summed E-state index contributed by atoms with van der Waals surface area (Å²) >= 11 is 6.22. The van der Waals surface area contributed by atoms with Gasteiger partial charge in [0.25, 0.3) is 0 Å². The van der Waals surface area contributed by atoms with Gasteiger partial charge in [-0.25, -0.2) is 0 Å². The molecule has 126 heavy (non-hydrogen) atoms. The van der Waals surface area contributed by atoms with Gasteiger partial charge in [0, 0.05) is 5.02 Å². The van der Waals surface area contributed by atoms with Crippen molar-refractivity contribution in [2.45, 2.75) is 252 Å². The van der Waals surface area contributed by atoms with Gasteiger partial charge < -0.3 is 27.9 Å². The van der Waals surface area contributed by atoms with Crippen molar-refractivity contribution in [3.63, 3.8) is 0 Å². The van der Waals surface area contributed by atoms with Gasteiger partial charge in [-0.2, -0.15) is 0 Å². The molecule has 2 aliphatic carbocycles. The molecule has 0 unspecified atom stereocenters. The Balaban J connectivity index is 0.000000129. The molecule has 0 spiro atoms. The Morgan fingerprint density at radius 2 is 0.532 bits per heavy atom. The van der Waals surface area contributed by atoms with Crippen molar-refractivity contribution in [1.29, 1.82) is 0 Å². The molecule has 5 fully saturated rings. The zero-order chi connectivity index (χ0) is 88.9. The van der Waals surface area contributed by atoms with Crippen molar-refractivity contribution in [1.82, 2.24) is 0 Å². The highest BCUT2D eigenvalue weighted by Gasteiger charge is 2.64. The maximum Gasteiger partial charge on any atom is 0.494 e. The van der Waals surface area contributed by atoms with Crippen LogP contribution in [0.25, 0.3) is 121 Å². The van der Waals surface area contributed by atoms with Crippen LogP contribution in [0, 0.1) is 0 Å². The Morgan fingerprint density at radius 3 is 0.841 bits per heavy atom. The number of hydrogen-bond acceptors (Lipinski definition) is 6. The summed E-state index contributed by atoms with van der Waals surface area (Å²) in [6.07, 6.45) is 15.4. The molecule has 0 radical (unpaired) electrons. The summed E-state index contributed by atoms with van der Waals surface area (Å²) < 4.78 is 36.5. The minimum absolute atomic E-state index is 0.360. The monoisotopic (exact) mass is 1700 g/mol. The minimum Gasteiger partial charge on any atom is -0.405 e. The van der Waals surface area contributed by atoms with Crippen LogP contribution < -0.4 is 5.46 Å². The topological polar surface area (TPSA) is 55.4 Å². The summed E-state index contributed by atoms with van der Waals surface area (Å²) in [5.74, 6) is 1.65. The lowest BCUT2D eigenvalue weighted by Gasteiger charge is -2.32. The average molecular weight is 1710 g/mol. The smallest absolute Gasteiger partial charge is 0.405 e. The molecule has 3 saturated heterocycles. The standard InChI is InChI=1S/C38H33BO2.C32H21Cl.C21H28.C12H24B2O4.C12H23P/c1-37(2)38(3,4)41-39(40-37)28-24-22-27(23-25-28)35-31-18-10-12-20-33(31)36(34-21-13-11-19-32(34)35)30-17-9-8-16-29(30)26-14-6-5-7-15-26;33-24-20-18-23(19-21-24)31-27-14-6-8-16-29(27)32(30-17-9-7-15-28(30)31)26-13-5-4-12-25(26)22-10-2-1-3-11-22;1-14(2)18-12-19(15(3)4)21(20(13-18)16(5)6)17-10-8-7-9-11-17;1-9(2)10(3,4)16-13(15-9)14-17-11(5,6)12(7,8)18-14;1-3-7-11(8-4-1)13-12-9-5-2-6-10-12/h5-25H,1-4H3;1-21H;7-16H,1-6H3;1-8H3;11-13H,1-10H2. The molecule has 0 N–H and O–H groups in total. The highest BCUT2D eigenvalue weighted by Crippen LogP contribution is 2.51. The maximum absolute atomic E-state index is 6.33.